The summed E-state index contributed by atoms with van der Waals surface area (Å²) >= 11 is 0. The lowest BCUT2D eigenvalue weighted by molar-refractivity contribution is -0.137. The fourth-order valence-electron chi connectivity index (χ4n) is 5.86. The minimum absolute atomic E-state index is 0.0910. The predicted octanol–water partition coefficient (Wildman–Crippen LogP) is 4.34. The Morgan fingerprint density at radius 1 is 1.06 bits per heavy atom. The van der Waals surface area contributed by atoms with E-state index in [4.69, 9.17) is 9.84 Å². The van der Waals surface area contributed by atoms with Crippen LogP contribution in [-0.2, 0) is 17.5 Å². The van der Waals surface area contributed by atoms with Crippen LogP contribution in [-0.4, -0.2) is 59.1 Å². The van der Waals surface area contributed by atoms with Crippen LogP contribution in [0.3, 0.4) is 0 Å². The fourth-order valence-corrected chi connectivity index (χ4v) is 5.86. The van der Waals surface area contributed by atoms with Crippen LogP contribution in [0.15, 0.2) is 24.3 Å². The molecule has 1 aromatic heterocycles. The summed E-state index contributed by atoms with van der Waals surface area (Å²) in [7, 11) is 0. The molecule has 0 radical (unpaired) electrons. The van der Waals surface area contributed by atoms with Crippen LogP contribution in [0.1, 0.15) is 36.8 Å². The van der Waals surface area contributed by atoms with Gasteiger partial charge in [-0.15, -0.1) is 10.2 Å². The highest BCUT2D eigenvalue weighted by molar-refractivity contribution is 5.63. The lowest BCUT2D eigenvalue weighted by atomic mass is 10.00. The van der Waals surface area contributed by atoms with Gasteiger partial charge in [0.1, 0.15) is 11.4 Å². The van der Waals surface area contributed by atoms with Crippen molar-refractivity contribution in [2.75, 3.05) is 38.2 Å². The average Bonchev–Trinajstić information content (AvgIpc) is 3.37. The van der Waals surface area contributed by atoms with E-state index < -0.39 is 17.6 Å². The molecule has 6 nitrogen and oxygen atoms in total. The molecule has 3 atom stereocenters. The normalized spacial score (nSPS) is 25.7. The van der Waals surface area contributed by atoms with Crippen LogP contribution in [0.4, 0.5) is 23.4 Å². The molecule has 2 saturated heterocycles. The number of nitrogens with one attached hydrogen (secondary N) is 1. The molecule has 2 aliphatic heterocycles. The standard InChI is InChI=1S/C25H30F4N4O2/c26-22-7-16(14-34)1-2-20(22)23-10-21(25(27,28)29)24(32-31-23)30-19-8-17-12-33(13-18(17)9-19)11-15-3-5-35-6-4-15/h1-2,7,10,15,17-19,34H,3-6,8-9,11-14H2,(H,30,32)/t17-,18+,19+. The molecule has 3 aliphatic rings. The minimum Gasteiger partial charge on any atom is -0.392 e. The van der Waals surface area contributed by atoms with E-state index in [9.17, 15) is 17.6 Å². The summed E-state index contributed by atoms with van der Waals surface area (Å²) in [5, 5.41) is 19.9. The Morgan fingerprint density at radius 2 is 1.77 bits per heavy atom. The van der Waals surface area contributed by atoms with E-state index in [0.717, 1.165) is 70.7 Å². The first kappa shape index (κ1) is 24.4. The Kier molecular flexibility index (Phi) is 6.96. The van der Waals surface area contributed by atoms with Gasteiger partial charge in [-0.25, -0.2) is 4.39 Å². The Morgan fingerprint density at radius 3 is 2.40 bits per heavy atom. The van der Waals surface area contributed by atoms with E-state index in [1.165, 1.54) is 12.1 Å². The van der Waals surface area contributed by atoms with Crippen LogP contribution in [0.2, 0.25) is 0 Å². The molecule has 0 amide bonds. The summed E-state index contributed by atoms with van der Waals surface area (Å²) in [5.41, 5.74) is -0.915. The number of nitrogens with zero attached hydrogens (tertiary/aromatic N) is 3. The molecule has 1 aromatic carbocycles. The van der Waals surface area contributed by atoms with Gasteiger partial charge in [0, 0.05) is 44.5 Å². The molecular weight excluding hydrogens is 464 g/mol. The number of hydrogen-bond donors (Lipinski definition) is 2. The number of hydrogen-bond acceptors (Lipinski definition) is 6. The summed E-state index contributed by atoms with van der Waals surface area (Å²) in [6.45, 7) is 4.35. The highest BCUT2D eigenvalue weighted by Crippen LogP contribution is 2.42. The molecule has 0 bridgehead atoms. The molecule has 2 N–H and O–H groups in total. The van der Waals surface area contributed by atoms with E-state index >= 15 is 0 Å². The molecule has 1 aliphatic carbocycles. The van der Waals surface area contributed by atoms with Crippen molar-refractivity contribution >= 4 is 5.82 Å². The maximum atomic E-state index is 14.4. The van der Waals surface area contributed by atoms with Crippen molar-refractivity contribution in [1.82, 2.24) is 15.1 Å². The summed E-state index contributed by atoms with van der Waals surface area (Å²) in [6, 6.07) is 4.58. The molecule has 0 unspecified atom stereocenters. The second-order valence-electron chi connectivity index (χ2n) is 10.1. The molecule has 2 aromatic rings. The number of halogens is 4. The monoisotopic (exact) mass is 494 g/mol. The number of aliphatic hydroxyl groups is 1. The first-order chi connectivity index (χ1) is 16.8. The Bertz CT molecular complexity index is 1030. The Hall–Kier alpha value is -2.30. The highest BCUT2D eigenvalue weighted by Gasteiger charge is 2.43. The number of aliphatic hydroxyl groups excluding tert-OH is 1. The van der Waals surface area contributed by atoms with E-state index in [1.54, 1.807) is 0 Å². The second kappa shape index (κ2) is 9.99. The van der Waals surface area contributed by atoms with Gasteiger partial charge < -0.3 is 20.1 Å². The van der Waals surface area contributed by atoms with Crippen molar-refractivity contribution in [2.45, 2.75) is 44.5 Å². The third-order valence-corrected chi connectivity index (χ3v) is 7.62. The molecule has 0 spiro atoms. The van der Waals surface area contributed by atoms with Gasteiger partial charge in [-0.3, -0.25) is 0 Å². The largest absolute Gasteiger partial charge is 0.420 e. The molecule has 3 heterocycles. The van der Waals surface area contributed by atoms with Gasteiger partial charge >= 0.3 is 6.18 Å². The molecule has 3 fully saturated rings. The zero-order valence-corrected chi connectivity index (χ0v) is 19.4. The van der Waals surface area contributed by atoms with Crippen LogP contribution < -0.4 is 5.32 Å². The van der Waals surface area contributed by atoms with Crippen molar-refractivity contribution in [3.8, 4) is 11.3 Å². The lowest BCUT2D eigenvalue weighted by Crippen LogP contribution is -2.32. The maximum absolute atomic E-state index is 14.4. The van der Waals surface area contributed by atoms with Gasteiger partial charge in [-0.2, -0.15) is 13.2 Å². The van der Waals surface area contributed by atoms with E-state index in [1.807, 2.05) is 0 Å². The number of likely N-dealkylation sites (tertiary alicyclic amines) is 1. The predicted molar refractivity (Wildman–Crippen MR) is 122 cm³/mol. The van der Waals surface area contributed by atoms with Gasteiger partial charge in [0.05, 0.1) is 12.3 Å². The van der Waals surface area contributed by atoms with Gasteiger partial charge in [-0.1, -0.05) is 6.07 Å². The maximum Gasteiger partial charge on any atom is 0.420 e. The fraction of sp³-hybridized carbons (Fsp3) is 0.600. The van der Waals surface area contributed by atoms with Crippen LogP contribution in [0.25, 0.3) is 11.3 Å². The average molecular weight is 495 g/mol. The summed E-state index contributed by atoms with van der Waals surface area (Å²) in [4.78, 5) is 2.51. The molecule has 5 rings (SSSR count). The quantitative estimate of drug-likeness (QED) is 0.583. The second-order valence-corrected chi connectivity index (χ2v) is 10.1. The summed E-state index contributed by atoms with van der Waals surface area (Å²) in [5.74, 6) is 0.539. The van der Waals surface area contributed by atoms with E-state index in [0.29, 0.717) is 23.3 Å². The number of aromatic nitrogens is 2. The van der Waals surface area contributed by atoms with E-state index in [2.05, 4.69) is 20.4 Å². The molecule has 10 heteroatoms. The number of anilines is 1. The number of ether oxygens (including phenoxy) is 1. The summed E-state index contributed by atoms with van der Waals surface area (Å²) in [6.07, 6.45) is -0.871. The van der Waals surface area contributed by atoms with Gasteiger partial charge in [0.2, 0.25) is 0 Å². The topological polar surface area (TPSA) is 70.5 Å². The van der Waals surface area contributed by atoms with Gasteiger partial charge in [0.25, 0.3) is 0 Å². The molecule has 1 saturated carbocycles. The van der Waals surface area contributed by atoms with Gasteiger partial charge in [0.15, 0.2) is 5.82 Å². The third kappa shape index (κ3) is 5.44. The zero-order valence-electron chi connectivity index (χ0n) is 19.4. The van der Waals surface area contributed by atoms with Crippen LogP contribution in [0.5, 0.6) is 0 Å². The minimum atomic E-state index is -4.66. The van der Waals surface area contributed by atoms with Crippen molar-refractivity contribution in [2.24, 2.45) is 17.8 Å². The number of rotatable bonds is 6. The van der Waals surface area contributed by atoms with Crippen molar-refractivity contribution in [3.05, 3.63) is 41.2 Å². The Labute approximate surface area is 201 Å². The molecular formula is C25H30F4N4O2. The number of alkyl halides is 3. The SMILES string of the molecule is OCc1ccc(-c2cc(C(F)(F)F)c(N[C@H]3C[C@@H]4CN(CC5CCOCC5)C[C@@H]4C3)nn2)c(F)c1. The first-order valence-electron chi connectivity index (χ1n) is 12.2. The lowest BCUT2D eigenvalue weighted by Gasteiger charge is -2.28. The smallest absolute Gasteiger partial charge is 0.392 e. The Balaban J connectivity index is 1.26. The third-order valence-electron chi connectivity index (χ3n) is 7.62. The van der Waals surface area contributed by atoms with Crippen molar-refractivity contribution in [1.29, 1.82) is 0 Å². The molecule has 35 heavy (non-hydrogen) atoms. The number of fused-ring (bicyclic) bond motifs is 1. The number of benzene rings is 1. The van der Waals surface area contributed by atoms with Crippen LogP contribution >= 0.6 is 0 Å². The summed E-state index contributed by atoms with van der Waals surface area (Å²) < 4.78 is 61.5. The first-order valence-corrected chi connectivity index (χ1v) is 12.2. The molecule has 190 valence electrons. The van der Waals surface area contributed by atoms with Crippen molar-refractivity contribution in [3.63, 3.8) is 0 Å². The van der Waals surface area contributed by atoms with Crippen molar-refractivity contribution < 1.29 is 27.4 Å². The zero-order chi connectivity index (χ0) is 24.6. The van der Waals surface area contributed by atoms with E-state index in [-0.39, 0.29) is 29.7 Å². The van der Waals surface area contributed by atoms with Crippen LogP contribution in [0, 0.1) is 23.6 Å². The highest BCUT2D eigenvalue weighted by atomic mass is 19.4. The van der Waals surface area contributed by atoms with Gasteiger partial charge in [-0.05, 0) is 67.2 Å².